The highest BCUT2D eigenvalue weighted by Gasteiger charge is 2.48. The number of nitrogens with one attached hydrogen (secondary N) is 3. The smallest absolute Gasteiger partial charge is 0.475 e. The van der Waals surface area contributed by atoms with Gasteiger partial charge in [0.2, 0.25) is 12.5 Å². The summed E-state index contributed by atoms with van der Waals surface area (Å²) in [5.41, 5.74) is -0.320. The number of phosphoric ester groups is 1. The fourth-order valence-corrected chi connectivity index (χ4v) is 11.6. The molecule has 26 heteroatoms. The Morgan fingerprint density at radius 1 is 0.800 bits per heavy atom. The molecule has 4 aromatic carbocycles. The molecule has 2 saturated heterocycles. The van der Waals surface area contributed by atoms with Crippen LogP contribution in [-0.2, 0) is 57.1 Å². The standard InChI is InChI=1S/C64H68N9O16P/c1-41(2)19-29-54(75)66-31-13-16-44-36-72(63(79)71-62(44)78)55-34-50(88-57(76)30-20-42(3)74)53(87-55)38-85-90(80,84-33-32-65-4)89-51-35-56(73-40-69-58-59(67-39-68-60(58)73)70-61(77)43-14-9-7-10-15-43)86-52(51)37-83-64(45-17-11-8-12-18-45,46-21-25-48(81-5)26-22-46)47-23-27-49(82-6)28-24-47/h7-12,14-15,17-18,21-28,36,39-41,50-53,55-56H,19-20,29-35,37-38H2,1-3,5-6H3,(H,66,75)(H,71,78,79)(H,67,68,70,77)/t50-,51-,52-,53-,55-,56-,90?/m1/s1. The van der Waals surface area contributed by atoms with Crippen LogP contribution < -0.4 is 31.4 Å². The first kappa shape index (κ1) is 65.3. The second kappa shape index (κ2) is 30.4. The molecular weight excluding hydrogens is 1180 g/mol. The Bertz CT molecular complexity index is 3870. The number of aromatic amines is 1. The lowest BCUT2D eigenvalue weighted by Crippen LogP contribution is -2.38. The van der Waals surface area contributed by atoms with Gasteiger partial charge in [-0.15, -0.1) is 0 Å². The summed E-state index contributed by atoms with van der Waals surface area (Å²) in [4.78, 5) is 96.6. The maximum atomic E-state index is 15.5. The van der Waals surface area contributed by atoms with Crippen molar-refractivity contribution in [2.24, 2.45) is 5.92 Å². The van der Waals surface area contributed by atoms with E-state index in [9.17, 15) is 28.8 Å². The van der Waals surface area contributed by atoms with Gasteiger partial charge in [-0.05, 0) is 72.4 Å². The number of methoxy groups -OCH3 is 2. The van der Waals surface area contributed by atoms with E-state index in [4.69, 9.17) is 48.6 Å². The minimum atomic E-state index is -4.92. The predicted molar refractivity (Wildman–Crippen MR) is 326 cm³/mol. The molecule has 0 aliphatic carbocycles. The van der Waals surface area contributed by atoms with Gasteiger partial charge in [0.05, 0.1) is 46.7 Å². The van der Waals surface area contributed by atoms with Gasteiger partial charge in [0.15, 0.2) is 17.0 Å². The molecule has 2 aliphatic rings. The van der Waals surface area contributed by atoms with Gasteiger partial charge in [-0.25, -0.2) is 30.9 Å². The van der Waals surface area contributed by atoms with Crippen LogP contribution in [0.5, 0.6) is 11.5 Å². The molecule has 2 fully saturated rings. The number of hydrogen-bond acceptors (Lipinski definition) is 19. The van der Waals surface area contributed by atoms with E-state index in [0.29, 0.717) is 52.5 Å². The maximum Gasteiger partial charge on any atom is 0.475 e. The van der Waals surface area contributed by atoms with Crippen LogP contribution in [0.3, 0.4) is 0 Å². The lowest BCUT2D eigenvalue weighted by Gasteiger charge is -2.37. The average Bonchev–Trinajstić information content (AvgIpc) is 0.931. The van der Waals surface area contributed by atoms with E-state index in [1.807, 2.05) is 92.7 Å². The molecular formula is C64H68N9O16P. The highest BCUT2D eigenvalue weighted by molar-refractivity contribution is 7.48. The molecule has 2 aliphatic heterocycles. The summed E-state index contributed by atoms with van der Waals surface area (Å²) in [6, 6.07) is 32.8. The molecule has 90 heavy (non-hydrogen) atoms. The number of H-pyrrole nitrogens is 1. The van der Waals surface area contributed by atoms with Crippen molar-refractivity contribution in [2.75, 3.05) is 52.4 Å². The largest absolute Gasteiger partial charge is 0.497 e. The van der Waals surface area contributed by atoms with Crippen molar-refractivity contribution in [2.45, 2.75) is 102 Å². The van der Waals surface area contributed by atoms with Crippen molar-refractivity contribution in [3.8, 4) is 23.3 Å². The number of fused-ring (bicyclic) bond motifs is 1. The van der Waals surface area contributed by atoms with E-state index in [0.717, 1.165) is 4.57 Å². The SMILES string of the molecule is [C-]#[N+]CCOP(=O)(OC[C@H]1O[C@@H](n2cc(C#CCNC(=O)CCC(C)C)c(=O)[nH]c2=O)C[C@H]1OC(=O)CCC(C)=O)O[C@@H]1C[C@H](n2cnc3c(NC(=O)c4ccccc4)ncnc32)O[C@@H]1COC(c1ccccc1)(c1ccc(OC)cc1)c1ccc(OC)cc1. The fraction of sp³-hybridized carbons (Fsp3) is 0.375. The van der Waals surface area contributed by atoms with Crippen LogP contribution in [0, 0.1) is 24.3 Å². The Morgan fingerprint density at radius 2 is 1.43 bits per heavy atom. The molecule has 470 valence electrons. The molecule has 0 radical (unpaired) electrons. The molecule has 9 rings (SSSR count). The summed E-state index contributed by atoms with van der Waals surface area (Å²) in [6.07, 6.45) is -3.04. The summed E-state index contributed by atoms with van der Waals surface area (Å²) < 4.78 is 74.4. The van der Waals surface area contributed by atoms with Crippen molar-refractivity contribution in [1.29, 1.82) is 0 Å². The zero-order valence-electron chi connectivity index (χ0n) is 50.1. The number of nitrogens with zero attached hydrogens (tertiary/aromatic N) is 6. The summed E-state index contributed by atoms with van der Waals surface area (Å²) in [5.74, 6) is 5.31. The van der Waals surface area contributed by atoms with E-state index in [-0.39, 0.29) is 79.6 Å². The molecule has 1 unspecified atom stereocenters. The summed E-state index contributed by atoms with van der Waals surface area (Å²) in [7, 11) is -1.79. The number of rotatable bonds is 28. The first-order valence-corrected chi connectivity index (χ1v) is 30.5. The van der Waals surface area contributed by atoms with Gasteiger partial charge in [0.1, 0.15) is 78.3 Å². The Balaban J connectivity index is 1.05. The van der Waals surface area contributed by atoms with Crippen LogP contribution in [0.4, 0.5) is 5.82 Å². The van der Waals surface area contributed by atoms with Crippen LogP contribution in [0.15, 0.2) is 138 Å². The van der Waals surface area contributed by atoms with Crippen molar-refractivity contribution < 1.29 is 65.7 Å². The Morgan fingerprint density at radius 3 is 2.08 bits per heavy atom. The molecule has 3 aromatic heterocycles. The van der Waals surface area contributed by atoms with Gasteiger partial charge in [-0.2, -0.15) is 0 Å². The summed E-state index contributed by atoms with van der Waals surface area (Å²) >= 11 is 0. The van der Waals surface area contributed by atoms with Gasteiger partial charge in [0, 0.05) is 37.4 Å². The Hall–Kier alpha value is -9.17. The highest BCUT2D eigenvalue weighted by Crippen LogP contribution is 2.54. The van der Waals surface area contributed by atoms with Crippen LogP contribution in [0.25, 0.3) is 16.0 Å². The maximum absolute atomic E-state index is 15.5. The topological polar surface area (TPSA) is 295 Å². The van der Waals surface area contributed by atoms with Crippen molar-refractivity contribution >= 4 is 48.4 Å². The lowest BCUT2D eigenvalue weighted by molar-refractivity contribution is -0.153. The Kier molecular flexibility index (Phi) is 22.0. The third kappa shape index (κ3) is 16.2. The number of imidazole rings is 1. The molecule has 3 N–H and O–H groups in total. The van der Waals surface area contributed by atoms with Crippen LogP contribution in [-0.4, -0.2) is 124 Å². The number of anilines is 1. The van der Waals surface area contributed by atoms with Gasteiger partial charge in [-0.1, -0.05) is 98.5 Å². The average molecular weight is 1250 g/mol. The van der Waals surface area contributed by atoms with E-state index in [1.54, 1.807) is 49.1 Å². The van der Waals surface area contributed by atoms with Crippen LogP contribution in [0.2, 0.25) is 0 Å². The Labute approximate surface area is 518 Å². The number of esters is 1. The highest BCUT2D eigenvalue weighted by atomic mass is 31.2. The number of carbonyl (C=O) groups excluding carboxylic acids is 4. The zero-order chi connectivity index (χ0) is 63.8. The number of carbonyl (C=O) groups is 4. The van der Waals surface area contributed by atoms with Gasteiger partial charge < -0.3 is 48.7 Å². The number of aromatic nitrogens is 6. The van der Waals surface area contributed by atoms with Crippen LogP contribution in [0.1, 0.15) is 104 Å². The number of Topliss-reactive ketones (excluding diaryl/α,β-unsaturated/α-hetero) is 1. The molecule has 7 atom stereocenters. The number of hydrogen-bond donors (Lipinski definition) is 3. The first-order valence-electron chi connectivity index (χ1n) is 29.0. The quantitative estimate of drug-likeness (QED) is 0.0105. The molecule has 2 amide bonds. The van der Waals surface area contributed by atoms with Crippen LogP contribution >= 0.6 is 7.82 Å². The lowest BCUT2D eigenvalue weighted by atomic mass is 9.80. The zero-order valence-corrected chi connectivity index (χ0v) is 51.0. The van der Waals surface area contributed by atoms with Crippen molar-refractivity contribution in [3.05, 3.63) is 188 Å². The number of benzene rings is 4. The van der Waals surface area contributed by atoms with E-state index in [1.165, 1.54) is 25.8 Å². The van der Waals surface area contributed by atoms with E-state index in [2.05, 4.69) is 47.3 Å². The van der Waals surface area contributed by atoms with Gasteiger partial charge >= 0.3 is 19.5 Å². The minimum Gasteiger partial charge on any atom is -0.497 e. The predicted octanol–water partition coefficient (Wildman–Crippen LogP) is 7.86. The third-order valence-corrected chi connectivity index (χ3v) is 16.3. The number of ketones is 1. The van der Waals surface area contributed by atoms with E-state index < -0.39 is 86.6 Å². The van der Waals surface area contributed by atoms with Crippen molar-refractivity contribution in [3.63, 3.8) is 0 Å². The molecule has 7 aromatic rings. The normalized spacial score (nSPS) is 18.6. The summed E-state index contributed by atoms with van der Waals surface area (Å²) in [6.45, 7) is 11.1. The van der Waals surface area contributed by atoms with Gasteiger partial charge in [-0.3, -0.25) is 46.9 Å². The summed E-state index contributed by atoms with van der Waals surface area (Å²) in [5, 5.41) is 5.50. The van der Waals surface area contributed by atoms with Crippen molar-refractivity contribution in [1.82, 2.24) is 34.4 Å². The first-order chi connectivity index (χ1) is 43.5. The number of phosphoric acid groups is 1. The number of amides is 2. The molecule has 0 saturated carbocycles. The molecule has 5 heterocycles. The monoisotopic (exact) mass is 1250 g/mol. The molecule has 25 nitrogen and oxygen atoms in total. The second-order valence-electron chi connectivity index (χ2n) is 21.5. The minimum absolute atomic E-state index is 0.0802. The molecule has 0 bridgehead atoms. The second-order valence-corrected chi connectivity index (χ2v) is 23.1. The molecule has 0 spiro atoms. The number of ether oxygens (including phenoxy) is 6. The van der Waals surface area contributed by atoms with Gasteiger partial charge in [0.25, 0.3) is 11.5 Å². The fourth-order valence-electron chi connectivity index (χ4n) is 10.2. The third-order valence-electron chi connectivity index (χ3n) is 14.8. The van der Waals surface area contributed by atoms with E-state index >= 15 is 4.57 Å².